The van der Waals surface area contributed by atoms with Crippen LogP contribution in [-0.2, 0) is 19.8 Å². The molecule has 0 aromatic carbocycles. The number of carbonyl (C=O) groups excluding carboxylic acids is 1. The van der Waals surface area contributed by atoms with Crippen molar-refractivity contribution in [3.05, 3.63) is 0 Å². The summed E-state index contributed by atoms with van der Waals surface area (Å²) < 4.78 is 40.0. The van der Waals surface area contributed by atoms with Gasteiger partial charge in [0.2, 0.25) is 0 Å². The topological polar surface area (TPSA) is 165 Å². The number of hydrogen-bond donors (Lipinski definition) is 4. The summed E-state index contributed by atoms with van der Waals surface area (Å²) in [5.74, 6) is 0. The van der Waals surface area contributed by atoms with Gasteiger partial charge in [-0.25, -0.2) is 17.9 Å². The Kier molecular flexibility index (Phi) is 6.99. The second kappa shape index (κ2) is 6.98. The van der Waals surface area contributed by atoms with E-state index in [1.54, 1.807) is 0 Å². The first-order valence-electron chi connectivity index (χ1n) is 4.31. The zero-order chi connectivity index (χ0) is 13.2. The van der Waals surface area contributed by atoms with Gasteiger partial charge in [-0.05, 0) is 0 Å². The van der Waals surface area contributed by atoms with Gasteiger partial charge < -0.3 is 29.3 Å². The van der Waals surface area contributed by atoms with Crippen molar-refractivity contribution in [3.8, 4) is 0 Å². The monoisotopic (exact) mass is 295 g/mol. The molecule has 0 aromatic rings. The van der Waals surface area contributed by atoms with E-state index < -0.39 is 47.6 Å². The molecule has 0 spiro atoms. The fraction of sp³-hybridized carbons (Fsp3) is 0.833. The fourth-order valence-electron chi connectivity index (χ4n) is 1.16. The molecule has 0 bridgehead atoms. The first-order chi connectivity index (χ1) is 7.70. The van der Waals surface area contributed by atoms with Crippen LogP contribution in [0.2, 0.25) is 0 Å². The summed E-state index contributed by atoms with van der Waals surface area (Å²) in [7, 11) is -4.98. The van der Waals surface area contributed by atoms with Gasteiger partial charge in [0.05, 0.1) is 0 Å². The molecule has 100 valence electrons. The van der Waals surface area contributed by atoms with Gasteiger partial charge in [-0.1, -0.05) is 0 Å². The van der Waals surface area contributed by atoms with Crippen molar-refractivity contribution < 1.29 is 72.1 Å². The third-order valence-electron chi connectivity index (χ3n) is 1.92. The number of hydrogen-bond acceptors (Lipinski definition) is 9. The molecule has 4 atom stereocenters. The van der Waals surface area contributed by atoms with Gasteiger partial charge in [0, 0.05) is 0 Å². The minimum Gasteiger partial charge on any atom is -0.731 e. The van der Waals surface area contributed by atoms with E-state index >= 15 is 0 Å². The van der Waals surface area contributed by atoms with Crippen molar-refractivity contribution in [2.75, 3.05) is 6.61 Å². The molecule has 1 rings (SSSR count). The Labute approximate surface area is 124 Å². The van der Waals surface area contributed by atoms with Gasteiger partial charge in [-0.3, -0.25) is 0 Å². The molecule has 0 radical (unpaired) electrons. The summed E-state index contributed by atoms with van der Waals surface area (Å²) in [5, 5.41) is 27.3. The van der Waals surface area contributed by atoms with Crippen molar-refractivity contribution in [1.29, 1.82) is 0 Å². The van der Waals surface area contributed by atoms with Gasteiger partial charge in [-0.2, -0.15) is 0 Å². The second-order valence-corrected chi connectivity index (χ2v) is 4.31. The molecule has 18 heavy (non-hydrogen) atoms. The maximum absolute atomic E-state index is 10.7. The van der Waals surface area contributed by atoms with Crippen molar-refractivity contribution in [1.82, 2.24) is 4.72 Å². The molecule has 1 saturated heterocycles. The maximum Gasteiger partial charge on any atom is 1.00 e. The Morgan fingerprint density at radius 2 is 1.89 bits per heavy atom. The Hall–Kier alpha value is 0.0200. The second-order valence-electron chi connectivity index (χ2n) is 3.20. The van der Waals surface area contributed by atoms with Gasteiger partial charge in [0.15, 0.2) is 16.6 Å². The van der Waals surface area contributed by atoms with Crippen LogP contribution in [0.15, 0.2) is 0 Å². The van der Waals surface area contributed by atoms with Crippen molar-refractivity contribution in [2.24, 2.45) is 0 Å². The number of amides is 1. The van der Waals surface area contributed by atoms with Crippen molar-refractivity contribution in [3.63, 3.8) is 0 Å². The van der Waals surface area contributed by atoms with E-state index in [1.165, 1.54) is 0 Å². The smallest absolute Gasteiger partial charge is 0.731 e. The predicted octanol–water partition coefficient (Wildman–Crippen LogP) is -6.38. The van der Waals surface area contributed by atoms with Crippen molar-refractivity contribution in [2.45, 2.75) is 24.6 Å². The molecule has 0 aliphatic carbocycles. The zero-order valence-electron chi connectivity index (χ0n) is 9.22. The molecule has 12 heteroatoms. The van der Waals surface area contributed by atoms with Crippen LogP contribution in [0, 0.1) is 0 Å². The van der Waals surface area contributed by atoms with E-state index in [0.29, 0.717) is 0 Å². The summed E-state index contributed by atoms with van der Waals surface area (Å²) >= 11 is 0. The van der Waals surface area contributed by atoms with Crippen LogP contribution < -0.4 is 34.3 Å². The number of aliphatic hydroxyl groups is 3. The van der Waals surface area contributed by atoms with Crippen LogP contribution in [0.25, 0.3) is 0 Å². The molecule has 0 aromatic heterocycles. The van der Waals surface area contributed by atoms with Gasteiger partial charge in [0.1, 0.15) is 24.9 Å². The Balaban J connectivity index is 0.00000289. The van der Waals surface area contributed by atoms with Crippen LogP contribution in [0.1, 0.15) is 0 Å². The fourth-order valence-corrected chi connectivity index (χ4v) is 1.42. The molecule has 0 unspecified atom stereocenters. The number of ether oxygens (including phenoxy) is 2. The zero-order valence-corrected chi connectivity index (χ0v) is 12.0. The summed E-state index contributed by atoms with van der Waals surface area (Å²) in [4.78, 5) is 10.7. The van der Waals surface area contributed by atoms with Gasteiger partial charge >= 0.3 is 35.7 Å². The first kappa shape index (κ1) is 18.0. The molecule has 1 fully saturated rings. The summed E-state index contributed by atoms with van der Waals surface area (Å²) in [6, 6.07) is 0. The molecule has 1 amide bonds. The maximum atomic E-state index is 10.7. The third-order valence-corrected chi connectivity index (χ3v) is 2.34. The number of rotatable bonds is 3. The minimum atomic E-state index is -4.98. The van der Waals surface area contributed by atoms with Gasteiger partial charge in [0.25, 0.3) is 0 Å². The molecule has 10 nitrogen and oxygen atoms in total. The van der Waals surface area contributed by atoms with Crippen LogP contribution >= 0.6 is 0 Å². The number of carbonyl (C=O) groups is 1. The molecule has 1 aliphatic heterocycles. The van der Waals surface area contributed by atoms with E-state index in [-0.39, 0.29) is 29.6 Å². The average molecular weight is 295 g/mol. The largest absolute Gasteiger partial charge is 1.00 e. The van der Waals surface area contributed by atoms with E-state index in [1.807, 2.05) is 0 Å². The molecular weight excluding hydrogens is 285 g/mol. The average Bonchev–Trinajstić information content (AvgIpc) is 2.40. The number of nitrogens with one attached hydrogen (secondary N) is 1. The summed E-state index contributed by atoms with van der Waals surface area (Å²) in [5.41, 5.74) is 0. The molecule has 1 aliphatic rings. The van der Waals surface area contributed by atoms with E-state index in [2.05, 4.69) is 9.47 Å². The summed E-state index contributed by atoms with van der Waals surface area (Å²) in [6.07, 6.45) is -7.46. The van der Waals surface area contributed by atoms with E-state index in [9.17, 15) is 22.9 Å². The van der Waals surface area contributed by atoms with E-state index in [4.69, 9.17) is 10.2 Å². The Morgan fingerprint density at radius 3 is 2.28 bits per heavy atom. The van der Waals surface area contributed by atoms with Crippen LogP contribution in [-0.4, -0.2) is 65.6 Å². The quantitative estimate of drug-likeness (QED) is 0.292. The predicted molar refractivity (Wildman–Crippen MR) is 47.1 cm³/mol. The number of aliphatic hydroxyl groups excluding tert-OH is 3. The normalized spacial score (nSPS) is 31.6. The molecule has 0 saturated carbocycles. The Morgan fingerprint density at radius 1 is 1.33 bits per heavy atom. The summed E-state index contributed by atoms with van der Waals surface area (Å²) in [6.45, 7) is -0.642. The van der Waals surface area contributed by atoms with E-state index in [0.717, 1.165) is 4.72 Å². The minimum absolute atomic E-state index is 0. The molecule has 1 heterocycles. The van der Waals surface area contributed by atoms with Crippen molar-refractivity contribution >= 4 is 16.4 Å². The van der Waals surface area contributed by atoms with Crippen LogP contribution in [0.5, 0.6) is 0 Å². The van der Waals surface area contributed by atoms with Crippen LogP contribution in [0.3, 0.4) is 0 Å². The Bertz CT molecular complexity index is 387. The standard InChI is InChI=1S/C6H11NO9S.Na/c8-3-2(16-5(10)4(3)9)1-15-6(11)7-17(12,13)14;/h2-5,8-10H,1H2,(H,7,11)(H,12,13,14);/q;+1/p-1/t2-,3-,4+,5+;/m1./s1. The third kappa shape index (κ3) is 5.34. The van der Waals surface area contributed by atoms with Gasteiger partial charge in [-0.15, -0.1) is 0 Å². The van der Waals surface area contributed by atoms with Crippen LogP contribution in [0.4, 0.5) is 4.79 Å². The molecule has 4 N–H and O–H groups in total. The first-order valence-corrected chi connectivity index (χ1v) is 5.71. The SMILES string of the molecule is O=C(NS(=O)(=O)[O-])OC[C@H]1O[C@H](O)[C@@H](O)[C@@H]1O.[Na+]. The molecular formula is C6H10NNaO9S.